The molecule has 0 aliphatic rings. The van der Waals surface area contributed by atoms with Gasteiger partial charge in [-0.25, -0.2) is 4.39 Å². The molecule has 2 rings (SSSR count). The van der Waals surface area contributed by atoms with Crippen LogP contribution >= 0.6 is 31.9 Å². The molecular weight excluding hydrogens is 391 g/mol. The summed E-state index contributed by atoms with van der Waals surface area (Å²) in [7, 11) is 0. The number of benzene rings is 2. The minimum atomic E-state index is -0.623. The van der Waals surface area contributed by atoms with Crippen molar-refractivity contribution >= 4 is 31.9 Å². The fourth-order valence-corrected chi connectivity index (χ4v) is 2.57. The van der Waals surface area contributed by atoms with Gasteiger partial charge in [0.1, 0.15) is 18.2 Å². The highest BCUT2D eigenvalue weighted by Gasteiger charge is 2.10. The Hall–Kier alpha value is -0.910. The Labute approximate surface area is 133 Å². The van der Waals surface area contributed by atoms with Gasteiger partial charge in [-0.3, -0.25) is 0 Å². The molecule has 1 N–H and O–H groups in total. The lowest BCUT2D eigenvalue weighted by Crippen LogP contribution is -2.01. The molecule has 2 nitrogen and oxygen atoms in total. The molecule has 0 saturated heterocycles. The van der Waals surface area contributed by atoms with Crippen molar-refractivity contribution in [2.75, 3.05) is 0 Å². The van der Waals surface area contributed by atoms with Gasteiger partial charge in [0, 0.05) is 10.0 Å². The van der Waals surface area contributed by atoms with Crippen molar-refractivity contribution in [2.45, 2.75) is 19.6 Å². The molecule has 0 aliphatic heterocycles. The number of halogens is 3. The molecule has 0 heterocycles. The van der Waals surface area contributed by atoms with Crippen molar-refractivity contribution in [2.24, 2.45) is 0 Å². The number of rotatable bonds is 4. The van der Waals surface area contributed by atoms with Crippen LogP contribution < -0.4 is 4.74 Å². The Morgan fingerprint density at radius 3 is 2.60 bits per heavy atom. The van der Waals surface area contributed by atoms with E-state index in [9.17, 15) is 9.50 Å². The Morgan fingerprint density at radius 2 is 1.95 bits per heavy atom. The summed E-state index contributed by atoms with van der Waals surface area (Å²) in [6.07, 6.45) is -0.623. The molecular formula is C15H13Br2FO2. The first-order chi connectivity index (χ1) is 9.47. The van der Waals surface area contributed by atoms with E-state index in [0.717, 1.165) is 10.0 Å². The van der Waals surface area contributed by atoms with Gasteiger partial charge in [-0.05, 0) is 58.7 Å². The second-order valence-electron chi connectivity index (χ2n) is 4.40. The Bertz CT molecular complexity index is 615. The standard InChI is InChI=1S/C15H13Br2FO2/c1-9(19)12-7-11(16)3-5-15(12)20-8-10-2-4-14(18)13(17)6-10/h2-7,9,19H,8H2,1H3/t9-/m1/s1. The van der Waals surface area contributed by atoms with Crippen LogP contribution in [0.1, 0.15) is 24.2 Å². The van der Waals surface area contributed by atoms with Crippen LogP contribution in [0, 0.1) is 5.82 Å². The van der Waals surface area contributed by atoms with Gasteiger partial charge in [-0.2, -0.15) is 0 Å². The molecule has 0 bridgehead atoms. The van der Waals surface area contributed by atoms with Gasteiger partial charge in [-0.1, -0.05) is 22.0 Å². The molecule has 0 fully saturated rings. The van der Waals surface area contributed by atoms with E-state index < -0.39 is 6.10 Å². The molecule has 2 aromatic carbocycles. The number of hydrogen-bond donors (Lipinski definition) is 1. The summed E-state index contributed by atoms with van der Waals surface area (Å²) in [5.41, 5.74) is 1.55. The molecule has 0 aliphatic carbocycles. The zero-order chi connectivity index (χ0) is 14.7. The highest BCUT2D eigenvalue weighted by atomic mass is 79.9. The maximum absolute atomic E-state index is 13.2. The lowest BCUT2D eigenvalue weighted by Gasteiger charge is -2.14. The van der Waals surface area contributed by atoms with Crippen molar-refractivity contribution in [3.8, 4) is 5.75 Å². The smallest absolute Gasteiger partial charge is 0.137 e. The third kappa shape index (κ3) is 3.81. The van der Waals surface area contributed by atoms with E-state index in [4.69, 9.17) is 4.74 Å². The van der Waals surface area contributed by atoms with Gasteiger partial charge >= 0.3 is 0 Å². The second-order valence-corrected chi connectivity index (χ2v) is 6.17. The minimum Gasteiger partial charge on any atom is -0.489 e. The Morgan fingerprint density at radius 1 is 1.20 bits per heavy atom. The lowest BCUT2D eigenvalue weighted by atomic mass is 10.1. The molecule has 0 saturated carbocycles. The zero-order valence-corrected chi connectivity index (χ0v) is 13.9. The predicted octanol–water partition coefficient (Wildman–Crippen LogP) is 4.98. The third-order valence-electron chi connectivity index (χ3n) is 2.80. The maximum atomic E-state index is 13.2. The molecule has 2 aromatic rings. The van der Waals surface area contributed by atoms with Crippen LogP contribution in [0.4, 0.5) is 4.39 Å². The quantitative estimate of drug-likeness (QED) is 0.779. The normalized spacial score (nSPS) is 12.2. The Kier molecular flexibility index (Phi) is 5.18. The average molecular weight is 404 g/mol. The molecule has 0 spiro atoms. The van der Waals surface area contributed by atoms with Gasteiger partial charge < -0.3 is 9.84 Å². The van der Waals surface area contributed by atoms with E-state index in [-0.39, 0.29) is 5.82 Å². The molecule has 1 atom stereocenters. The highest BCUT2D eigenvalue weighted by molar-refractivity contribution is 9.10. The first-order valence-corrected chi connectivity index (χ1v) is 7.60. The van der Waals surface area contributed by atoms with Crippen molar-refractivity contribution in [1.82, 2.24) is 0 Å². The summed E-state index contributed by atoms with van der Waals surface area (Å²) in [5.74, 6) is 0.311. The summed E-state index contributed by atoms with van der Waals surface area (Å²) in [5, 5.41) is 9.75. The molecule has 106 valence electrons. The molecule has 0 radical (unpaired) electrons. The Balaban J connectivity index is 2.16. The second kappa shape index (κ2) is 6.70. The van der Waals surface area contributed by atoms with E-state index in [2.05, 4.69) is 31.9 Å². The van der Waals surface area contributed by atoms with Gasteiger partial charge in [0.15, 0.2) is 0 Å². The van der Waals surface area contributed by atoms with Crippen LogP contribution in [0.25, 0.3) is 0 Å². The summed E-state index contributed by atoms with van der Waals surface area (Å²) < 4.78 is 20.1. The number of aliphatic hydroxyl groups excluding tert-OH is 1. The zero-order valence-electron chi connectivity index (χ0n) is 10.7. The van der Waals surface area contributed by atoms with Crippen LogP contribution in [0.5, 0.6) is 5.75 Å². The van der Waals surface area contributed by atoms with E-state index in [1.165, 1.54) is 6.07 Å². The molecule has 5 heteroatoms. The van der Waals surface area contributed by atoms with Gasteiger partial charge in [-0.15, -0.1) is 0 Å². The predicted molar refractivity (Wildman–Crippen MR) is 83.2 cm³/mol. The summed E-state index contributed by atoms with van der Waals surface area (Å²) in [6, 6.07) is 10.2. The molecule has 0 unspecified atom stereocenters. The van der Waals surface area contributed by atoms with Crippen molar-refractivity contribution in [3.05, 3.63) is 62.3 Å². The summed E-state index contributed by atoms with van der Waals surface area (Å²) in [6.45, 7) is 1.99. The van der Waals surface area contributed by atoms with E-state index >= 15 is 0 Å². The van der Waals surface area contributed by atoms with Crippen LogP contribution in [0.15, 0.2) is 45.3 Å². The maximum Gasteiger partial charge on any atom is 0.137 e. The number of ether oxygens (including phenoxy) is 1. The summed E-state index contributed by atoms with van der Waals surface area (Å²) in [4.78, 5) is 0. The first-order valence-electron chi connectivity index (χ1n) is 6.01. The van der Waals surface area contributed by atoms with E-state index in [0.29, 0.717) is 22.4 Å². The van der Waals surface area contributed by atoms with Crippen molar-refractivity contribution in [1.29, 1.82) is 0 Å². The fourth-order valence-electron chi connectivity index (χ4n) is 1.77. The molecule has 0 amide bonds. The van der Waals surface area contributed by atoms with Crippen LogP contribution in [0.2, 0.25) is 0 Å². The molecule has 20 heavy (non-hydrogen) atoms. The summed E-state index contributed by atoms with van der Waals surface area (Å²) >= 11 is 6.51. The van der Waals surface area contributed by atoms with Crippen LogP contribution in [0.3, 0.4) is 0 Å². The first kappa shape index (κ1) is 15.5. The van der Waals surface area contributed by atoms with E-state index in [1.807, 2.05) is 12.1 Å². The number of aliphatic hydroxyl groups is 1. The largest absolute Gasteiger partial charge is 0.489 e. The topological polar surface area (TPSA) is 29.5 Å². The van der Waals surface area contributed by atoms with Crippen molar-refractivity contribution in [3.63, 3.8) is 0 Å². The highest BCUT2D eigenvalue weighted by Crippen LogP contribution is 2.29. The fraction of sp³-hybridized carbons (Fsp3) is 0.200. The van der Waals surface area contributed by atoms with Crippen LogP contribution in [-0.2, 0) is 6.61 Å². The number of hydrogen-bond acceptors (Lipinski definition) is 2. The van der Waals surface area contributed by atoms with E-state index in [1.54, 1.807) is 25.1 Å². The van der Waals surface area contributed by atoms with Gasteiger partial charge in [0.2, 0.25) is 0 Å². The lowest BCUT2D eigenvalue weighted by molar-refractivity contribution is 0.190. The van der Waals surface area contributed by atoms with Gasteiger partial charge in [0.05, 0.1) is 10.6 Å². The van der Waals surface area contributed by atoms with Gasteiger partial charge in [0.25, 0.3) is 0 Å². The van der Waals surface area contributed by atoms with Crippen molar-refractivity contribution < 1.29 is 14.2 Å². The molecule has 0 aromatic heterocycles. The van der Waals surface area contributed by atoms with Crippen LogP contribution in [-0.4, -0.2) is 5.11 Å². The third-order valence-corrected chi connectivity index (χ3v) is 3.90. The minimum absolute atomic E-state index is 0.304. The average Bonchev–Trinajstić information content (AvgIpc) is 2.41. The SMILES string of the molecule is C[C@@H](O)c1cc(Br)ccc1OCc1ccc(F)c(Br)c1. The monoisotopic (exact) mass is 402 g/mol.